The molecule has 0 bridgehead atoms. The molecule has 0 aliphatic rings. The van der Waals surface area contributed by atoms with Crippen molar-refractivity contribution in [2.45, 2.75) is 26.2 Å². The highest BCUT2D eigenvalue weighted by atomic mass is 127. The minimum absolute atomic E-state index is 0. The van der Waals surface area contributed by atoms with Crippen LogP contribution in [0.25, 0.3) is 0 Å². The number of ether oxygens (including phenoxy) is 2. The molecule has 2 aromatic rings. The van der Waals surface area contributed by atoms with E-state index >= 15 is 0 Å². The molecule has 9 heteroatoms. The average molecular weight is 523 g/mol. The lowest BCUT2D eigenvalue weighted by molar-refractivity contribution is -0.153. The molecule has 0 spiro atoms. The third kappa shape index (κ3) is 9.73. The summed E-state index contributed by atoms with van der Waals surface area (Å²) in [6, 6.07) is 14.1. The fraction of sp³-hybridized carbons (Fsp3) is 0.350. The van der Waals surface area contributed by atoms with E-state index in [4.69, 9.17) is 9.47 Å². The van der Waals surface area contributed by atoms with Crippen molar-refractivity contribution in [2.24, 2.45) is 4.99 Å². The number of aliphatic imine (C=N–C) groups is 1. The molecule has 0 atom stereocenters. The van der Waals surface area contributed by atoms with E-state index in [1.165, 1.54) is 12.1 Å². The lowest BCUT2D eigenvalue weighted by Gasteiger charge is -2.12. The molecule has 0 fully saturated rings. The summed E-state index contributed by atoms with van der Waals surface area (Å²) in [4.78, 5) is 4.54. The number of rotatable bonds is 8. The van der Waals surface area contributed by atoms with Gasteiger partial charge in [-0.05, 0) is 42.3 Å². The second-order valence-electron chi connectivity index (χ2n) is 5.95. The molecule has 160 valence electrons. The van der Waals surface area contributed by atoms with Crippen molar-refractivity contribution >= 4 is 29.9 Å². The molecule has 2 N–H and O–H groups in total. The van der Waals surface area contributed by atoms with Gasteiger partial charge in [0.15, 0.2) is 12.6 Å². The zero-order valence-electron chi connectivity index (χ0n) is 16.3. The van der Waals surface area contributed by atoms with E-state index in [1.54, 1.807) is 19.2 Å². The Labute approximate surface area is 185 Å². The molecule has 0 aromatic heterocycles. The first-order chi connectivity index (χ1) is 13.4. The smallest absolute Gasteiger partial charge is 0.422 e. The van der Waals surface area contributed by atoms with E-state index in [1.807, 2.05) is 31.2 Å². The SMILES string of the molecule is CCNC(=NCc1cccc(OC)c1)NCc1ccc(OCC(F)(F)F)cc1.I. The Hall–Kier alpha value is -2.17. The summed E-state index contributed by atoms with van der Waals surface area (Å²) in [5.74, 6) is 1.60. The Morgan fingerprint density at radius 3 is 2.34 bits per heavy atom. The van der Waals surface area contributed by atoms with Crippen LogP contribution in [0.1, 0.15) is 18.1 Å². The van der Waals surface area contributed by atoms with E-state index in [2.05, 4.69) is 15.6 Å². The van der Waals surface area contributed by atoms with Crippen LogP contribution in [0.5, 0.6) is 11.5 Å². The van der Waals surface area contributed by atoms with E-state index in [-0.39, 0.29) is 29.7 Å². The Bertz CT molecular complexity index is 768. The van der Waals surface area contributed by atoms with Gasteiger partial charge in [0.05, 0.1) is 13.7 Å². The molecule has 0 radical (unpaired) electrons. The third-order valence-electron chi connectivity index (χ3n) is 3.68. The highest BCUT2D eigenvalue weighted by Gasteiger charge is 2.28. The largest absolute Gasteiger partial charge is 0.497 e. The molecule has 0 aliphatic carbocycles. The first kappa shape index (κ1) is 24.9. The minimum atomic E-state index is -4.35. The standard InChI is InChI=1S/C20H24F3N3O2.HI/c1-3-24-19(26-13-16-5-4-6-18(11-16)27-2)25-12-15-7-9-17(10-8-15)28-14-20(21,22)23;/h4-11H,3,12-14H2,1-2H3,(H2,24,25,26);1H. The number of halogens is 4. The maximum Gasteiger partial charge on any atom is 0.422 e. The minimum Gasteiger partial charge on any atom is -0.497 e. The van der Waals surface area contributed by atoms with Crippen LogP contribution < -0.4 is 20.1 Å². The normalized spacial score (nSPS) is 11.4. The molecule has 0 saturated heterocycles. The molecule has 2 aromatic carbocycles. The van der Waals surface area contributed by atoms with Crippen molar-refractivity contribution < 1.29 is 22.6 Å². The van der Waals surface area contributed by atoms with Crippen LogP contribution in [0, 0.1) is 0 Å². The Morgan fingerprint density at radius 2 is 1.72 bits per heavy atom. The maximum absolute atomic E-state index is 12.2. The van der Waals surface area contributed by atoms with Gasteiger partial charge in [0.2, 0.25) is 0 Å². The Morgan fingerprint density at radius 1 is 1.00 bits per heavy atom. The van der Waals surface area contributed by atoms with Crippen LogP contribution in [-0.2, 0) is 13.1 Å². The van der Waals surface area contributed by atoms with Gasteiger partial charge in [-0.2, -0.15) is 13.2 Å². The second-order valence-corrected chi connectivity index (χ2v) is 5.95. The Balaban J connectivity index is 0.00000420. The average Bonchev–Trinajstić information content (AvgIpc) is 2.69. The maximum atomic E-state index is 12.2. The zero-order chi connectivity index (χ0) is 20.4. The van der Waals surface area contributed by atoms with Gasteiger partial charge < -0.3 is 20.1 Å². The fourth-order valence-corrected chi connectivity index (χ4v) is 2.34. The molecule has 5 nitrogen and oxygen atoms in total. The molecule has 29 heavy (non-hydrogen) atoms. The highest BCUT2D eigenvalue weighted by Crippen LogP contribution is 2.19. The van der Waals surface area contributed by atoms with Gasteiger partial charge in [-0.3, -0.25) is 0 Å². The predicted octanol–water partition coefficient (Wildman–Crippen LogP) is 4.51. The van der Waals surface area contributed by atoms with Crippen molar-refractivity contribution in [3.63, 3.8) is 0 Å². The van der Waals surface area contributed by atoms with Crippen molar-refractivity contribution in [3.05, 3.63) is 59.7 Å². The lowest BCUT2D eigenvalue weighted by Crippen LogP contribution is -2.36. The van der Waals surface area contributed by atoms with Gasteiger partial charge in [0.1, 0.15) is 11.5 Å². The summed E-state index contributed by atoms with van der Waals surface area (Å²) in [5.41, 5.74) is 1.91. The van der Waals surface area contributed by atoms with Gasteiger partial charge in [0.25, 0.3) is 0 Å². The van der Waals surface area contributed by atoms with Crippen LogP contribution in [0.15, 0.2) is 53.5 Å². The lowest BCUT2D eigenvalue weighted by atomic mass is 10.2. The number of hydrogen-bond acceptors (Lipinski definition) is 3. The van der Waals surface area contributed by atoms with Gasteiger partial charge in [-0.15, -0.1) is 24.0 Å². The summed E-state index contributed by atoms with van der Waals surface area (Å²) in [5, 5.41) is 6.36. The van der Waals surface area contributed by atoms with Crippen LogP contribution >= 0.6 is 24.0 Å². The number of alkyl halides is 3. The van der Waals surface area contributed by atoms with Crippen molar-refractivity contribution in [1.82, 2.24) is 10.6 Å². The highest BCUT2D eigenvalue weighted by molar-refractivity contribution is 14.0. The first-order valence-electron chi connectivity index (χ1n) is 8.83. The number of nitrogens with one attached hydrogen (secondary N) is 2. The van der Waals surface area contributed by atoms with E-state index in [9.17, 15) is 13.2 Å². The number of guanidine groups is 1. The first-order valence-corrected chi connectivity index (χ1v) is 8.83. The summed E-state index contributed by atoms with van der Waals surface area (Å²) in [7, 11) is 1.62. The summed E-state index contributed by atoms with van der Waals surface area (Å²) < 4.78 is 46.4. The molecule has 0 aliphatic heterocycles. The van der Waals surface area contributed by atoms with Gasteiger partial charge in [-0.25, -0.2) is 4.99 Å². The van der Waals surface area contributed by atoms with E-state index in [0.717, 1.165) is 16.9 Å². The van der Waals surface area contributed by atoms with Gasteiger partial charge in [-0.1, -0.05) is 24.3 Å². The van der Waals surface area contributed by atoms with Gasteiger partial charge >= 0.3 is 6.18 Å². The number of benzene rings is 2. The van der Waals surface area contributed by atoms with Crippen molar-refractivity contribution in [1.29, 1.82) is 0 Å². The van der Waals surface area contributed by atoms with Crippen LogP contribution in [0.3, 0.4) is 0 Å². The Kier molecular flexibility index (Phi) is 10.6. The zero-order valence-corrected chi connectivity index (χ0v) is 18.6. The fourth-order valence-electron chi connectivity index (χ4n) is 2.34. The third-order valence-corrected chi connectivity index (χ3v) is 3.68. The van der Waals surface area contributed by atoms with E-state index in [0.29, 0.717) is 25.6 Å². The summed E-state index contributed by atoms with van der Waals surface area (Å²) in [6.45, 7) is 2.33. The number of nitrogens with zero attached hydrogens (tertiary/aromatic N) is 1. The molecular weight excluding hydrogens is 498 g/mol. The predicted molar refractivity (Wildman–Crippen MR) is 118 cm³/mol. The van der Waals surface area contributed by atoms with Crippen LogP contribution in [-0.4, -0.2) is 32.4 Å². The van der Waals surface area contributed by atoms with Crippen LogP contribution in [0.4, 0.5) is 13.2 Å². The molecule has 2 rings (SSSR count). The molecule has 0 heterocycles. The van der Waals surface area contributed by atoms with Crippen molar-refractivity contribution in [2.75, 3.05) is 20.3 Å². The topological polar surface area (TPSA) is 54.9 Å². The number of hydrogen-bond donors (Lipinski definition) is 2. The van der Waals surface area contributed by atoms with Crippen LogP contribution in [0.2, 0.25) is 0 Å². The monoisotopic (exact) mass is 523 g/mol. The number of methoxy groups -OCH3 is 1. The molecular formula is C20H25F3IN3O2. The summed E-state index contributed by atoms with van der Waals surface area (Å²) >= 11 is 0. The molecule has 0 amide bonds. The van der Waals surface area contributed by atoms with E-state index < -0.39 is 12.8 Å². The summed E-state index contributed by atoms with van der Waals surface area (Å²) in [6.07, 6.45) is -4.35. The van der Waals surface area contributed by atoms with Crippen molar-refractivity contribution in [3.8, 4) is 11.5 Å². The molecule has 0 unspecified atom stereocenters. The second kappa shape index (κ2) is 12.4. The van der Waals surface area contributed by atoms with Gasteiger partial charge in [0, 0.05) is 13.1 Å². The quantitative estimate of drug-likeness (QED) is 0.304. The molecule has 0 saturated carbocycles.